The van der Waals surface area contributed by atoms with Crippen molar-refractivity contribution in [1.82, 2.24) is 4.90 Å². The van der Waals surface area contributed by atoms with Gasteiger partial charge in [-0.05, 0) is 6.42 Å². The van der Waals surface area contributed by atoms with Gasteiger partial charge in [0.15, 0.2) is 0 Å². The van der Waals surface area contributed by atoms with E-state index in [9.17, 15) is 9.00 Å². The van der Waals surface area contributed by atoms with Crippen molar-refractivity contribution in [3.05, 3.63) is 0 Å². The Hall–Kier alpha value is -0.890. The average Bonchev–Trinajstić information content (AvgIpc) is 2.20. The summed E-state index contributed by atoms with van der Waals surface area (Å²) in [6, 6.07) is 1.99. The number of rotatable bonds is 2. The van der Waals surface area contributed by atoms with E-state index in [1.165, 1.54) is 0 Å². The predicted molar refractivity (Wildman–Crippen MR) is 53.9 cm³/mol. The predicted octanol–water partition coefficient (Wildman–Crippen LogP) is 0.127. The Balaban J connectivity index is 2.53. The summed E-state index contributed by atoms with van der Waals surface area (Å²) in [4.78, 5) is 13.3. The number of nitrogens with zero attached hydrogens (tertiary/aromatic N) is 2. The third kappa shape index (κ3) is 2.55. The summed E-state index contributed by atoms with van der Waals surface area (Å²) >= 11 is 0. The standard InChI is InChI=1S/C9H14N2O2S/c1-2-8(7-10)9(12)11-3-5-14(13)6-4-11/h8H,2-6H2,1H3. The molecule has 14 heavy (non-hydrogen) atoms. The minimum absolute atomic E-state index is 0.105. The van der Waals surface area contributed by atoms with Gasteiger partial charge < -0.3 is 4.90 Å². The largest absolute Gasteiger partial charge is 0.340 e. The minimum Gasteiger partial charge on any atom is -0.340 e. The van der Waals surface area contributed by atoms with Crippen molar-refractivity contribution in [2.24, 2.45) is 5.92 Å². The Morgan fingerprint density at radius 1 is 1.57 bits per heavy atom. The van der Waals surface area contributed by atoms with Gasteiger partial charge in [0.2, 0.25) is 5.91 Å². The lowest BCUT2D eigenvalue weighted by Gasteiger charge is -2.27. The molecule has 0 radical (unpaired) electrons. The summed E-state index contributed by atoms with van der Waals surface area (Å²) < 4.78 is 11.0. The van der Waals surface area contributed by atoms with Gasteiger partial charge in [-0.1, -0.05) is 6.92 Å². The number of hydrogen-bond acceptors (Lipinski definition) is 3. The molecule has 1 fully saturated rings. The van der Waals surface area contributed by atoms with Crippen LogP contribution in [0.15, 0.2) is 0 Å². The molecule has 0 bridgehead atoms. The van der Waals surface area contributed by atoms with Crippen molar-refractivity contribution in [3.8, 4) is 6.07 Å². The molecule has 1 unspecified atom stereocenters. The summed E-state index contributed by atoms with van der Waals surface area (Å²) in [6.07, 6.45) is 0.551. The quantitative estimate of drug-likeness (QED) is 0.656. The fraction of sp³-hybridized carbons (Fsp3) is 0.778. The summed E-state index contributed by atoms with van der Waals surface area (Å²) in [5.41, 5.74) is 0. The van der Waals surface area contributed by atoms with E-state index in [0.717, 1.165) is 0 Å². The Morgan fingerprint density at radius 2 is 2.14 bits per heavy atom. The Labute approximate surface area is 86.3 Å². The van der Waals surface area contributed by atoms with E-state index < -0.39 is 16.7 Å². The van der Waals surface area contributed by atoms with Crippen LogP contribution in [0.25, 0.3) is 0 Å². The van der Waals surface area contributed by atoms with Gasteiger partial charge >= 0.3 is 0 Å². The van der Waals surface area contributed by atoms with Crippen molar-refractivity contribution in [3.63, 3.8) is 0 Å². The van der Waals surface area contributed by atoms with Gasteiger partial charge in [0.1, 0.15) is 5.92 Å². The normalized spacial score (nSPS) is 20.1. The molecule has 4 nitrogen and oxygen atoms in total. The van der Waals surface area contributed by atoms with Gasteiger partial charge in [-0.3, -0.25) is 9.00 Å². The Kier molecular flexibility index (Phi) is 4.08. The second-order valence-electron chi connectivity index (χ2n) is 3.26. The van der Waals surface area contributed by atoms with Crippen molar-refractivity contribution in [1.29, 1.82) is 5.26 Å². The molecule has 0 aromatic carbocycles. The van der Waals surface area contributed by atoms with E-state index in [4.69, 9.17) is 5.26 Å². The van der Waals surface area contributed by atoms with Crippen LogP contribution in [-0.4, -0.2) is 39.6 Å². The fourth-order valence-electron chi connectivity index (χ4n) is 1.40. The lowest BCUT2D eigenvalue weighted by molar-refractivity contribution is -0.133. The van der Waals surface area contributed by atoms with Crippen LogP contribution in [-0.2, 0) is 15.6 Å². The van der Waals surface area contributed by atoms with E-state index in [2.05, 4.69) is 0 Å². The van der Waals surface area contributed by atoms with Gasteiger partial charge in [0.05, 0.1) is 6.07 Å². The number of hydrogen-bond donors (Lipinski definition) is 0. The van der Waals surface area contributed by atoms with Crippen LogP contribution < -0.4 is 0 Å². The number of carbonyl (C=O) groups is 1. The molecule has 0 spiro atoms. The zero-order valence-corrected chi connectivity index (χ0v) is 9.05. The average molecular weight is 214 g/mol. The van der Waals surface area contributed by atoms with Gasteiger partial charge in [-0.15, -0.1) is 0 Å². The lowest BCUT2D eigenvalue weighted by Crippen LogP contribution is -2.44. The highest BCUT2D eigenvalue weighted by atomic mass is 32.2. The van der Waals surface area contributed by atoms with Crippen LogP contribution in [0.3, 0.4) is 0 Å². The molecule has 0 saturated carbocycles. The maximum absolute atomic E-state index is 11.7. The number of nitriles is 1. The third-order valence-electron chi connectivity index (χ3n) is 2.35. The third-order valence-corrected chi connectivity index (χ3v) is 3.63. The molecule has 1 aliphatic heterocycles. The van der Waals surface area contributed by atoms with Gasteiger partial charge in [0.25, 0.3) is 0 Å². The smallest absolute Gasteiger partial charge is 0.239 e. The SMILES string of the molecule is CCC(C#N)C(=O)N1CCS(=O)CC1. The maximum atomic E-state index is 11.7. The highest BCUT2D eigenvalue weighted by Gasteiger charge is 2.25. The first-order chi connectivity index (χ1) is 6.69. The maximum Gasteiger partial charge on any atom is 0.239 e. The van der Waals surface area contributed by atoms with Crippen molar-refractivity contribution in [2.45, 2.75) is 13.3 Å². The van der Waals surface area contributed by atoms with Gasteiger partial charge in [0, 0.05) is 35.4 Å². The summed E-state index contributed by atoms with van der Waals surface area (Å²) in [6.45, 7) is 2.89. The summed E-state index contributed by atoms with van der Waals surface area (Å²) in [5.74, 6) is 0.467. The van der Waals surface area contributed by atoms with Crippen LogP contribution in [0, 0.1) is 17.2 Å². The van der Waals surface area contributed by atoms with Gasteiger partial charge in [-0.2, -0.15) is 5.26 Å². The van der Waals surface area contributed by atoms with Crippen LogP contribution in [0.4, 0.5) is 0 Å². The van der Waals surface area contributed by atoms with Crippen molar-refractivity contribution < 1.29 is 9.00 Å². The number of carbonyl (C=O) groups excluding carboxylic acids is 1. The van der Waals surface area contributed by atoms with Crippen LogP contribution in [0.5, 0.6) is 0 Å². The zero-order valence-electron chi connectivity index (χ0n) is 8.23. The highest BCUT2D eigenvalue weighted by molar-refractivity contribution is 7.85. The Bertz CT molecular complexity index is 275. The second kappa shape index (κ2) is 5.11. The van der Waals surface area contributed by atoms with Crippen LogP contribution in [0.1, 0.15) is 13.3 Å². The molecule has 1 heterocycles. The van der Waals surface area contributed by atoms with E-state index in [0.29, 0.717) is 31.0 Å². The molecule has 1 saturated heterocycles. The highest BCUT2D eigenvalue weighted by Crippen LogP contribution is 2.09. The van der Waals surface area contributed by atoms with E-state index in [-0.39, 0.29) is 5.91 Å². The molecule has 1 amide bonds. The summed E-state index contributed by atoms with van der Waals surface area (Å²) in [5, 5.41) is 8.72. The molecular formula is C9H14N2O2S. The van der Waals surface area contributed by atoms with Crippen LogP contribution in [0.2, 0.25) is 0 Å². The molecule has 0 aliphatic carbocycles. The Morgan fingerprint density at radius 3 is 2.57 bits per heavy atom. The number of amides is 1. The first-order valence-electron chi connectivity index (χ1n) is 4.72. The van der Waals surface area contributed by atoms with Crippen molar-refractivity contribution >= 4 is 16.7 Å². The van der Waals surface area contributed by atoms with Gasteiger partial charge in [-0.25, -0.2) is 0 Å². The molecular weight excluding hydrogens is 200 g/mol. The molecule has 1 rings (SSSR count). The minimum atomic E-state index is -0.771. The molecule has 1 aliphatic rings. The molecule has 5 heteroatoms. The second-order valence-corrected chi connectivity index (χ2v) is 4.96. The topological polar surface area (TPSA) is 61.2 Å². The molecule has 1 atom stereocenters. The van der Waals surface area contributed by atoms with E-state index in [1.54, 1.807) is 4.90 Å². The monoisotopic (exact) mass is 214 g/mol. The van der Waals surface area contributed by atoms with E-state index >= 15 is 0 Å². The zero-order chi connectivity index (χ0) is 10.6. The molecule has 0 aromatic rings. The van der Waals surface area contributed by atoms with E-state index in [1.807, 2.05) is 13.0 Å². The molecule has 0 aromatic heterocycles. The van der Waals surface area contributed by atoms with Crippen LogP contribution >= 0.6 is 0 Å². The lowest BCUT2D eigenvalue weighted by atomic mass is 10.1. The molecule has 78 valence electrons. The first-order valence-corrected chi connectivity index (χ1v) is 6.21. The van der Waals surface area contributed by atoms with Crippen molar-refractivity contribution in [2.75, 3.05) is 24.6 Å². The first kappa shape index (κ1) is 11.2. The fourth-order valence-corrected chi connectivity index (χ4v) is 2.45. The summed E-state index contributed by atoms with van der Waals surface area (Å²) in [7, 11) is -0.771. The molecule has 0 N–H and O–H groups in total.